The molecule has 3 fully saturated rings. The van der Waals surface area contributed by atoms with E-state index < -0.39 is 0 Å². The van der Waals surface area contributed by atoms with Crippen molar-refractivity contribution in [3.8, 4) is 0 Å². The highest BCUT2D eigenvalue weighted by atomic mass is 32.2. The number of thioether (sulfide) groups is 1. The molecule has 0 saturated carbocycles. The maximum Gasteiger partial charge on any atom is 0.227 e. The van der Waals surface area contributed by atoms with Crippen LogP contribution in [0.25, 0.3) is 0 Å². The third-order valence-electron chi connectivity index (χ3n) is 7.95. The first-order chi connectivity index (χ1) is 17.3. The second kappa shape index (κ2) is 10.9. The van der Waals surface area contributed by atoms with E-state index in [2.05, 4.69) is 55.7 Å². The van der Waals surface area contributed by atoms with E-state index in [9.17, 15) is 0 Å². The first-order valence-electron chi connectivity index (χ1n) is 13.6. The molecule has 3 saturated heterocycles. The van der Waals surface area contributed by atoms with Gasteiger partial charge in [0.25, 0.3) is 0 Å². The Balaban J connectivity index is 1.12. The SMILES string of the molecule is c1ccc(N2CCN(c3nc4c(c(NC5CCCN(CC6CCCNC6)C5)n3)SCC4)CC2)cc1. The highest BCUT2D eigenvalue weighted by molar-refractivity contribution is 7.99. The van der Waals surface area contributed by atoms with Crippen LogP contribution in [0.4, 0.5) is 17.5 Å². The molecule has 1 aromatic carbocycles. The molecule has 4 aliphatic rings. The van der Waals surface area contributed by atoms with Gasteiger partial charge in [-0.15, -0.1) is 11.8 Å². The van der Waals surface area contributed by atoms with Crippen LogP contribution in [-0.4, -0.2) is 85.6 Å². The van der Waals surface area contributed by atoms with Gasteiger partial charge in [0.05, 0.1) is 10.6 Å². The molecule has 5 heterocycles. The highest BCUT2D eigenvalue weighted by Gasteiger charge is 2.28. The summed E-state index contributed by atoms with van der Waals surface area (Å²) in [6, 6.07) is 11.2. The van der Waals surface area contributed by atoms with Gasteiger partial charge in [-0.25, -0.2) is 4.98 Å². The van der Waals surface area contributed by atoms with Gasteiger partial charge in [-0.05, 0) is 63.4 Å². The molecule has 35 heavy (non-hydrogen) atoms. The third-order valence-corrected chi connectivity index (χ3v) is 9.08. The Bertz CT molecular complexity index is 973. The van der Waals surface area contributed by atoms with Gasteiger partial charge in [0.15, 0.2) is 0 Å². The summed E-state index contributed by atoms with van der Waals surface area (Å²) in [6.45, 7) is 9.93. The Labute approximate surface area is 214 Å². The number of aromatic nitrogens is 2. The number of nitrogens with zero attached hydrogens (tertiary/aromatic N) is 5. The van der Waals surface area contributed by atoms with Crippen molar-refractivity contribution in [3.63, 3.8) is 0 Å². The van der Waals surface area contributed by atoms with Gasteiger partial charge in [-0.1, -0.05) is 18.2 Å². The van der Waals surface area contributed by atoms with Crippen molar-refractivity contribution in [2.75, 3.05) is 79.8 Å². The van der Waals surface area contributed by atoms with Crippen LogP contribution in [0.1, 0.15) is 31.4 Å². The van der Waals surface area contributed by atoms with E-state index in [1.54, 1.807) is 0 Å². The van der Waals surface area contributed by atoms with Crippen molar-refractivity contribution in [2.24, 2.45) is 5.92 Å². The van der Waals surface area contributed by atoms with E-state index in [4.69, 9.17) is 9.97 Å². The van der Waals surface area contributed by atoms with Crippen LogP contribution in [0, 0.1) is 5.92 Å². The minimum Gasteiger partial charge on any atom is -0.368 e. The van der Waals surface area contributed by atoms with E-state index in [-0.39, 0.29) is 0 Å². The minimum atomic E-state index is 0.475. The molecule has 0 spiro atoms. The van der Waals surface area contributed by atoms with Crippen molar-refractivity contribution >= 4 is 29.2 Å². The summed E-state index contributed by atoms with van der Waals surface area (Å²) in [4.78, 5) is 19.0. The zero-order valence-corrected chi connectivity index (χ0v) is 21.6. The van der Waals surface area contributed by atoms with Crippen LogP contribution in [0.2, 0.25) is 0 Å². The molecule has 2 N–H and O–H groups in total. The molecular weight excluding hydrogens is 454 g/mol. The van der Waals surface area contributed by atoms with Crippen molar-refractivity contribution in [3.05, 3.63) is 36.0 Å². The Morgan fingerprint density at radius 3 is 2.66 bits per heavy atom. The van der Waals surface area contributed by atoms with Gasteiger partial charge in [0.1, 0.15) is 5.82 Å². The van der Waals surface area contributed by atoms with E-state index in [1.165, 1.54) is 68.1 Å². The normalized spacial score (nSPS) is 25.5. The fourth-order valence-electron chi connectivity index (χ4n) is 6.07. The fraction of sp³-hybridized carbons (Fsp3) is 0.630. The molecule has 6 rings (SSSR count). The van der Waals surface area contributed by atoms with Gasteiger partial charge in [-0.3, -0.25) is 0 Å². The van der Waals surface area contributed by atoms with E-state index in [0.717, 1.165) is 62.6 Å². The zero-order chi connectivity index (χ0) is 23.5. The molecule has 4 aliphatic heterocycles. The number of anilines is 3. The Morgan fingerprint density at radius 1 is 0.971 bits per heavy atom. The molecule has 0 aliphatic carbocycles. The lowest BCUT2D eigenvalue weighted by Crippen LogP contribution is -2.47. The lowest BCUT2D eigenvalue weighted by molar-refractivity contribution is 0.171. The molecule has 0 bridgehead atoms. The second-order valence-electron chi connectivity index (χ2n) is 10.5. The lowest BCUT2D eigenvalue weighted by atomic mass is 9.97. The summed E-state index contributed by atoms with van der Waals surface area (Å²) in [6.07, 6.45) is 6.26. The Kier molecular flexibility index (Phi) is 7.30. The van der Waals surface area contributed by atoms with Crippen LogP contribution in [0.15, 0.2) is 35.2 Å². The Morgan fingerprint density at radius 2 is 1.83 bits per heavy atom. The van der Waals surface area contributed by atoms with Crippen molar-refractivity contribution in [1.29, 1.82) is 0 Å². The summed E-state index contributed by atoms with van der Waals surface area (Å²) in [5.41, 5.74) is 2.56. The Hall–Kier alpha value is -2.03. The number of benzene rings is 1. The van der Waals surface area contributed by atoms with Crippen LogP contribution >= 0.6 is 11.8 Å². The number of likely N-dealkylation sites (tertiary alicyclic amines) is 1. The molecule has 2 aromatic rings. The molecule has 0 amide bonds. The molecule has 7 nitrogen and oxygen atoms in total. The number of nitrogens with one attached hydrogen (secondary N) is 2. The third kappa shape index (κ3) is 5.54. The molecule has 1 aromatic heterocycles. The number of rotatable bonds is 6. The van der Waals surface area contributed by atoms with Gasteiger partial charge >= 0.3 is 0 Å². The fourth-order valence-corrected chi connectivity index (χ4v) is 7.13. The summed E-state index contributed by atoms with van der Waals surface area (Å²) in [5.74, 6) is 3.93. The number of piperidine rings is 2. The van der Waals surface area contributed by atoms with Gasteiger partial charge in [0.2, 0.25) is 5.95 Å². The van der Waals surface area contributed by atoms with Crippen LogP contribution in [-0.2, 0) is 6.42 Å². The number of para-hydroxylation sites is 1. The second-order valence-corrected chi connectivity index (χ2v) is 11.6. The van der Waals surface area contributed by atoms with Crippen LogP contribution in [0.5, 0.6) is 0 Å². The quantitative estimate of drug-likeness (QED) is 0.636. The maximum absolute atomic E-state index is 5.14. The summed E-state index contributed by atoms with van der Waals surface area (Å²) >= 11 is 1.93. The van der Waals surface area contributed by atoms with Gasteiger partial charge < -0.3 is 25.3 Å². The average molecular weight is 494 g/mol. The lowest BCUT2D eigenvalue weighted by Gasteiger charge is -2.37. The summed E-state index contributed by atoms with van der Waals surface area (Å²) < 4.78 is 0. The van der Waals surface area contributed by atoms with Crippen molar-refractivity contribution in [1.82, 2.24) is 20.2 Å². The summed E-state index contributed by atoms with van der Waals surface area (Å²) in [5, 5.41) is 7.48. The first-order valence-corrected chi connectivity index (χ1v) is 14.6. The largest absolute Gasteiger partial charge is 0.368 e. The highest BCUT2D eigenvalue weighted by Crippen LogP contribution is 2.37. The molecule has 2 unspecified atom stereocenters. The number of hydrogen-bond acceptors (Lipinski definition) is 8. The predicted octanol–water partition coefficient (Wildman–Crippen LogP) is 3.33. The molecule has 0 radical (unpaired) electrons. The molecular formula is C27H39N7S. The van der Waals surface area contributed by atoms with Crippen LogP contribution in [0.3, 0.4) is 0 Å². The summed E-state index contributed by atoms with van der Waals surface area (Å²) in [7, 11) is 0. The van der Waals surface area contributed by atoms with Crippen LogP contribution < -0.4 is 20.4 Å². The molecule has 8 heteroatoms. The number of aryl methyl sites for hydroxylation is 1. The first kappa shape index (κ1) is 23.4. The van der Waals surface area contributed by atoms with E-state index >= 15 is 0 Å². The van der Waals surface area contributed by atoms with E-state index in [1.807, 2.05) is 11.8 Å². The smallest absolute Gasteiger partial charge is 0.227 e. The van der Waals surface area contributed by atoms with Gasteiger partial charge in [0, 0.05) is 63.2 Å². The van der Waals surface area contributed by atoms with E-state index in [0.29, 0.717) is 6.04 Å². The topological polar surface area (TPSA) is 59.6 Å². The minimum absolute atomic E-state index is 0.475. The number of hydrogen-bond donors (Lipinski definition) is 2. The maximum atomic E-state index is 5.14. The standard InChI is InChI=1S/C27H39N7S/c1-2-8-23(9-3-1)33-13-15-34(16-14-33)27-30-24-10-17-35-25(24)26(31-27)29-22-7-5-12-32(20-22)19-21-6-4-11-28-18-21/h1-3,8-9,21-22,28H,4-7,10-20H2,(H,29,30,31). The molecule has 2 atom stereocenters. The van der Waals surface area contributed by atoms with Crippen molar-refractivity contribution < 1.29 is 0 Å². The van der Waals surface area contributed by atoms with Crippen molar-refractivity contribution in [2.45, 2.75) is 43.0 Å². The van der Waals surface area contributed by atoms with Gasteiger partial charge in [-0.2, -0.15) is 4.98 Å². The zero-order valence-electron chi connectivity index (χ0n) is 20.8. The number of fused-ring (bicyclic) bond motifs is 1. The average Bonchev–Trinajstić information content (AvgIpc) is 3.39. The predicted molar refractivity (Wildman–Crippen MR) is 146 cm³/mol. The monoisotopic (exact) mass is 493 g/mol. The number of piperazine rings is 1. The molecule has 188 valence electrons.